The Morgan fingerprint density at radius 3 is 2.50 bits per heavy atom. The first-order valence-electron chi connectivity index (χ1n) is 7.30. The molecule has 0 radical (unpaired) electrons. The fourth-order valence-electron chi connectivity index (χ4n) is 2.48. The molecule has 0 bridgehead atoms. The molecule has 0 saturated heterocycles. The maximum absolute atomic E-state index is 13.9. The van der Waals surface area contributed by atoms with Crippen LogP contribution < -0.4 is 0 Å². The second-order valence-electron chi connectivity index (χ2n) is 5.69. The van der Waals surface area contributed by atoms with Crippen molar-refractivity contribution in [3.05, 3.63) is 65.5 Å². The van der Waals surface area contributed by atoms with E-state index >= 15 is 0 Å². The number of rotatable bonds is 5. The van der Waals surface area contributed by atoms with Crippen LogP contribution in [-0.2, 0) is 16.6 Å². The van der Waals surface area contributed by atoms with E-state index in [4.69, 9.17) is 0 Å². The highest BCUT2D eigenvalue weighted by molar-refractivity contribution is 7.89. The Bertz CT molecular complexity index is 785. The van der Waals surface area contributed by atoms with Crippen LogP contribution in [0.15, 0.2) is 53.4 Å². The van der Waals surface area contributed by atoms with Gasteiger partial charge in [0.05, 0.1) is 4.90 Å². The summed E-state index contributed by atoms with van der Waals surface area (Å²) in [5.74, 6) is -0.368. The average molecular weight is 319 g/mol. The zero-order chi connectivity index (χ0) is 15.7. The molecule has 5 heteroatoms. The first kappa shape index (κ1) is 15.2. The van der Waals surface area contributed by atoms with Gasteiger partial charge in [-0.05, 0) is 43.5 Å². The van der Waals surface area contributed by atoms with E-state index in [0.717, 1.165) is 18.4 Å². The molecule has 1 fully saturated rings. The molecule has 1 aliphatic rings. The second-order valence-corrected chi connectivity index (χ2v) is 7.58. The van der Waals surface area contributed by atoms with E-state index in [1.54, 1.807) is 36.4 Å². The third-order valence-corrected chi connectivity index (χ3v) is 5.73. The molecule has 1 aliphatic carbocycles. The first-order chi connectivity index (χ1) is 10.5. The van der Waals surface area contributed by atoms with Crippen molar-refractivity contribution in [2.24, 2.45) is 0 Å². The number of sulfonamides is 1. The molecule has 0 unspecified atom stereocenters. The monoisotopic (exact) mass is 319 g/mol. The molecule has 3 nitrogen and oxygen atoms in total. The Morgan fingerprint density at radius 2 is 1.86 bits per heavy atom. The van der Waals surface area contributed by atoms with Crippen molar-refractivity contribution in [3.8, 4) is 0 Å². The summed E-state index contributed by atoms with van der Waals surface area (Å²) in [4.78, 5) is 0.274. The first-order valence-corrected chi connectivity index (χ1v) is 8.74. The molecular formula is C17H18FNO2S. The summed E-state index contributed by atoms with van der Waals surface area (Å²) < 4.78 is 41.1. The van der Waals surface area contributed by atoms with Gasteiger partial charge in [-0.2, -0.15) is 4.31 Å². The van der Waals surface area contributed by atoms with Gasteiger partial charge in [0.15, 0.2) is 0 Å². The molecule has 116 valence electrons. The summed E-state index contributed by atoms with van der Waals surface area (Å²) in [6.45, 7) is 1.94. The standard InChI is InChI=1S/C17H18FNO2S/c1-13-5-4-7-16(11-13)22(20,21)19(15-9-10-15)12-14-6-2-3-8-17(14)18/h2-8,11,15H,9-10,12H2,1H3. The minimum atomic E-state index is -3.61. The molecular weight excluding hydrogens is 301 g/mol. The van der Waals surface area contributed by atoms with E-state index in [1.807, 2.05) is 13.0 Å². The number of aryl methyl sites for hydroxylation is 1. The molecule has 0 aliphatic heterocycles. The van der Waals surface area contributed by atoms with E-state index in [1.165, 1.54) is 10.4 Å². The van der Waals surface area contributed by atoms with Crippen molar-refractivity contribution in [1.82, 2.24) is 4.31 Å². The Kier molecular flexibility index (Phi) is 4.02. The Labute approximate surface area is 130 Å². The smallest absolute Gasteiger partial charge is 0.207 e. The van der Waals surface area contributed by atoms with Gasteiger partial charge in [0.1, 0.15) is 5.82 Å². The van der Waals surface area contributed by atoms with Crippen molar-refractivity contribution in [2.45, 2.75) is 37.2 Å². The van der Waals surface area contributed by atoms with Gasteiger partial charge in [0.2, 0.25) is 10.0 Å². The van der Waals surface area contributed by atoms with Gasteiger partial charge in [-0.3, -0.25) is 0 Å². The molecule has 2 aromatic rings. The van der Waals surface area contributed by atoms with Crippen LogP contribution in [-0.4, -0.2) is 18.8 Å². The molecule has 0 aromatic heterocycles. The predicted molar refractivity (Wildman–Crippen MR) is 83.3 cm³/mol. The van der Waals surface area contributed by atoms with Crippen LogP contribution in [0.25, 0.3) is 0 Å². The maximum Gasteiger partial charge on any atom is 0.243 e. The molecule has 1 saturated carbocycles. The third kappa shape index (κ3) is 3.05. The van der Waals surface area contributed by atoms with Gasteiger partial charge in [-0.25, -0.2) is 12.8 Å². The lowest BCUT2D eigenvalue weighted by Gasteiger charge is -2.22. The van der Waals surface area contributed by atoms with Gasteiger partial charge in [0, 0.05) is 18.2 Å². The zero-order valence-corrected chi connectivity index (χ0v) is 13.2. The van der Waals surface area contributed by atoms with Crippen LogP contribution in [0.5, 0.6) is 0 Å². The summed E-state index contributed by atoms with van der Waals surface area (Å²) in [7, 11) is -3.61. The van der Waals surface area contributed by atoms with E-state index in [2.05, 4.69) is 0 Å². The van der Waals surface area contributed by atoms with Gasteiger partial charge in [-0.15, -0.1) is 0 Å². The highest BCUT2D eigenvalue weighted by Crippen LogP contribution is 2.34. The molecule has 22 heavy (non-hydrogen) atoms. The highest BCUT2D eigenvalue weighted by Gasteiger charge is 2.38. The average Bonchev–Trinajstić information content (AvgIpc) is 3.30. The molecule has 0 spiro atoms. The van der Waals surface area contributed by atoms with Crippen LogP contribution >= 0.6 is 0 Å². The van der Waals surface area contributed by atoms with Crippen LogP contribution in [0, 0.1) is 12.7 Å². The van der Waals surface area contributed by atoms with E-state index in [0.29, 0.717) is 5.56 Å². The number of benzene rings is 2. The molecule has 0 N–H and O–H groups in total. The van der Waals surface area contributed by atoms with Crippen LogP contribution in [0.2, 0.25) is 0 Å². The number of hydrogen-bond acceptors (Lipinski definition) is 2. The van der Waals surface area contributed by atoms with Gasteiger partial charge in [-0.1, -0.05) is 30.3 Å². The largest absolute Gasteiger partial charge is 0.243 e. The zero-order valence-electron chi connectivity index (χ0n) is 12.4. The normalized spacial score (nSPS) is 15.2. The quantitative estimate of drug-likeness (QED) is 0.846. The predicted octanol–water partition coefficient (Wildman–Crippen LogP) is 3.49. The Hall–Kier alpha value is -1.72. The number of hydrogen-bond donors (Lipinski definition) is 0. The summed E-state index contributed by atoms with van der Waals surface area (Å²) in [5.41, 5.74) is 1.30. The Morgan fingerprint density at radius 1 is 1.14 bits per heavy atom. The maximum atomic E-state index is 13.9. The minimum Gasteiger partial charge on any atom is -0.207 e. The van der Waals surface area contributed by atoms with Crippen molar-refractivity contribution >= 4 is 10.0 Å². The van der Waals surface area contributed by atoms with Crippen LogP contribution in [0.4, 0.5) is 4.39 Å². The van der Waals surface area contributed by atoms with Crippen molar-refractivity contribution < 1.29 is 12.8 Å². The fraction of sp³-hybridized carbons (Fsp3) is 0.294. The molecule has 2 aromatic carbocycles. The van der Waals surface area contributed by atoms with E-state index in [-0.39, 0.29) is 23.3 Å². The van der Waals surface area contributed by atoms with Gasteiger partial charge < -0.3 is 0 Å². The lowest BCUT2D eigenvalue weighted by Crippen LogP contribution is -2.33. The van der Waals surface area contributed by atoms with Crippen molar-refractivity contribution in [2.75, 3.05) is 0 Å². The van der Waals surface area contributed by atoms with Crippen LogP contribution in [0.3, 0.4) is 0 Å². The summed E-state index contributed by atoms with van der Waals surface area (Å²) >= 11 is 0. The van der Waals surface area contributed by atoms with Crippen LogP contribution in [0.1, 0.15) is 24.0 Å². The lowest BCUT2D eigenvalue weighted by atomic mass is 10.2. The third-order valence-electron chi connectivity index (χ3n) is 3.83. The second kappa shape index (κ2) is 5.82. The topological polar surface area (TPSA) is 37.4 Å². The highest BCUT2D eigenvalue weighted by atomic mass is 32.2. The molecule has 0 amide bonds. The van der Waals surface area contributed by atoms with E-state index in [9.17, 15) is 12.8 Å². The van der Waals surface area contributed by atoms with Crippen molar-refractivity contribution in [1.29, 1.82) is 0 Å². The minimum absolute atomic E-state index is 0.0230. The number of halogens is 1. The molecule has 0 atom stereocenters. The summed E-state index contributed by atoms with van der Waals surface area (Å²) in [6, 6.07) is 13.2. The number of nitrogens with zero attached hydrogens (tertiary/aromatic N) is 1. The summed E-state index contributed by atoms with van der Waals surface area (Å²) in [5, 5.41) is 0. The van der Waals surface area contributed by atoms with E-state index < -0.39 is 10.0 Å². The lowest BCUT2D eigenvalue weighted by molar-refractivity contribution is 0.391. The fourth-order valence-corrected chi connectivity index (χ4v) is 4.25. The Balaban J connectivity index is 1.96. The molecule has 3 rings (SSSR count). The summed E-state index contributed by atoms with van der Waals surface area (Å²) in [6.07, 6.45) is 1.67. The van der Waals surface area contributed by atoms with Gasteiger partial charge in [0.25, 0.3) is 0 Å². The molecule has 0 heterocycles. The van der Waals surface area contributed by atoms with Gasteiger partial charge >= 0.3 is 0 Å². The van der Waals surface area contributed by atoms with Crippen molar-refractivity contribution in [3.63, 3.8) is 0 Å². The SMILES string of the molecule is Cc1cccc(S(=O)(=O)N(Cc2ccccc2F)C2CC2)c1.